The number of amides is 1. The summed E-state index contributed by atoms with van der Waals surface area (Å²) in [6.45, 7) is 9.33. The van der Waals surface area contributed by atoms with Crippen LogP contribution in [0.4, 0.5) is 0 Å². The molecule has 0 aromatic heterocycles. The van der Waals surface area contributed by atoms with Crippen molar-refractivity contribution in [3.05, 3.63) is 0 Å². The molecule has 0 heterocycles. The highest BCUT2D eigenvalue weighted by Gasteiger charge is 2.36. The van der Waals surface area contributed by atoms with Gasteiger partial charge >= 0.3 is 0 Å². The number of hydrogen-bond acceptors (Lipinski definition) is 2. The van der Waals surface area contributed by atoms with E-state index < -0.39 is 0 Å². The third-order valence-corrected chi connectivity index (χ3v) is 5.10. The summed E-state index contributed by atoms with van der Waals surface area (Å²) in [5.41, 5.74) is 6.17. The zero-order chi connectivity index (χ0) is 14.7. The smallest absolute Gasteiger partial charge is 0.223 e. The van der Waals surface area contributed by atoms with Crippen molar-refractivity contribution >= 4 is 5.91 Å². The van der Waals surface area contributed by atoms with Gasteiger partial charge in [0.1, 0.15) is 0 Å². The van der Waals surface area contributed by atoms with Crippen LogP contribution in [-0.4, -0.2) is 30.4 Å². The van der Waals surface area contributed by atoms with Gasteiger partial charge in [0.15, 0.2) is 0 Å². The van der Waals surface area contributed by atoms with Crippen molar-refractivity contribution < 1.29 is 4.79 Å². The second kappa shape index (κ2) is 6.25. The van der Waals surface area contributed by atoms with Crippen LogP contribution < -0.4 is 5.73 Å². The van der Waals surface area contributed by atoms with Crippen molar-refractivity contribution in [2.75, 3.05) is 13.6 Å². The van der Waals surface area contributed by atoms with Gasteiger partial charge in [0.2, 0.25) is 5.91 Å². The highest BCUT2D eigenvalue weighted by Crippen LogP contribution is 2.39. The molecule has 1 saturated carbocycles. The van der Waals surface area contributed by atoms with Crippen LogP contribution in [0.1, 0.15) is 66.2 Å². The molecule has 1 rings (SSSR count). The van der Waals surface area contributed by atoms with Gasteiger partial charge in [-0.25, -0.2) is 0 Å². The molecule has 1 atom stereocenters. The van der Waals surface area contributed by atoms with Crippen molar-refractivity contribution in [3.8, 4) is 0 Å². The molecule has 2 N–H and O–H groups in total. The van der Waals surface area contributed by atoms with Crippen molar-refractivity contribution in [1.29, 1.82) is 0 Å². The Morgan fingerprint density at radius 2 is 1.79 bits per heavy atom. The number of nitrogens with two attached hydrogens (primary N) is 1. The fraction of sp³-hybridized carbons (Fsp3) is 0.938. The predicted molar refractivity (Wildman–Crippen MR) is 80.9 cm³/mol. The van der Waals surface area contributed by atoms with Crippen LogP contribution in [0.25, 0.3) is 0 Å². The minimum Gasteiger partial charge on any atom is -0.343 e. The van der Waals surface area contributed by atoms with Crippen LogP contribution in [0.2, 0.25) is 0 Å². The first-order chi connectivity index (χ1) is 8.72. The molecule has 0 spiro atoms. The molecule has 3 nitrogen and oxygen atoms in total. The van der Waals surface area contributed by atoms with Crippen molar-refractivity contribution in [1.82, 2.24) is 4.90 Å². The molecule has 1 aliphatic rings. The summed E-state index contributed by atoms with van der Waals surface area (Å²) >= 11 is 0. The summed E-state index contributed by atoms with van der Waals surface area (Å²) in [7, 11) is 1.94. The third kappa shape index (κ3) is 4.20. The standard InChI is InChI=1S/C16H32N2O/c1-13(15(2,3)4)18(5)14(19)11-16(12-17)9-7-6-8-10-16/h13H,6-12,17H2,1-5H3. The van der Waals surface area contributed by atoms with E-state index in [4.69, 9.17) is 5.73 Å². The maximum absolute atomic E-state index is 12.5. The average Bonchev–Trinajstić information content (AvgIpc) is 2.36. The molecule has 0 saturated heterocycles. The fourth-order valence-electron chi connectivity index (χ4n) is 3.00. The van der Waals surface area contributed by atoms with E-state index in [0.717, 1.165) is 12.8 Å². The third-order valence-electron chi connectivity index (χ3n) is 5.10. The maximum Gasteiger partial charge on any atom is 0.223 e. The zero-order valence-corrected chi connectivity index (χ0v) is 13.5. The lowest BCUT2D eigenvalue weighted by Gasteiger charge is -2.40. The molecule has 0 bridgehead atoms. The second-order valence-corrected chi connectivity index (χ2v) is 7.49. The van der Waals surface area contributed by atoms with Gasteiger partial charge in [0.25, 0.3) is 0 Å². The summed E-state index contributed by atoms with van der Waals surface area (Å²) in [4.78, 5) is 14.5. The highest BCUT2D eigenvalue weighted by molar-refractivity contribution is 5.77. The SMILES string of the molecule is CC(N(C)C(=O)CC1(CN)CCCCC1)C(C)(C)C. The number of rotatable bonds is 4. The summed E-state index contributed by atoms with van der Waals surface area (Å²) in [6.07, 6.45) is 6.61. The molecule has 0 aromatic rings. The zero-order valence-electron chi connectivity index (χ0n) is 13.5. The molecule has 3 heteroatoms. The van der Waals surface area contributed by atoms with Crippen LogP contribution in [0, 0.1) is 10.8 Å². The summed E-state index contributed by atoms with van der Waals surface area (Å²) < 4.78 is 0. The lowest BCUT2D eigenvalue weighted by atomic mass is 9.71. The molecular weight excluding hydrogens is 236 g/mol. The summed E-state index contributed by atoms with van der Waals surface area (Å²) in [6, 6.07) is 0.249. The molecule has 1 unspecified atom stereocenters. The molecule has 1 fully saturated rings. The first kappa shape index (κ1) is 16.5. The lowest BCUT2D eigenvalue weighted by molar-refractivity contribution is -0.136. The Labute approximate surface area is 118 Å². The molecule has 1 amide bonds. The second-order valence-electron chi connectivity index (χ2n) is 7.49. The number of nitrogens with zero attached hydrogens (tertiary/aromatic N) is 1. The van der Waals surface area contributed by atoms with E-state index in [1.807, 2.05) is 11.9 Å². The fourth-order valence-corrected chi connectivity index (χ4v) is 3.00. The predicted octanol–water partition coefficient (Wildman–Crippen LogP) is 3.18. The summed E-state index contributed by atoms with van der Waals surface area (Å²) in [5, 5.41) is 0. The van der Waals surface area contributed by atoms with Gasteiger partial charge in [-0.1, -0.05) is 40.0 Å². The van der Waals surface area contributed by atoms with Crippen molar-refractivity contribution in [2.24, 2.45) is 16.6 Å². The van der Waals surface area contributed by atoms with Gasteiger partial charge < -0.3 is 10.6 Å². The monoisotopic (exact) mass is 268 g/mol. The Hall–Kier alpha value is -0.570. The van der Waals surface area contributed by atoms with E-state index in [1.165, 1.54) is 19.3 Å². The van der Waals surface area contributed by atoms with Gasteiger partial charge in [-0.15, -0.1) is 0 Å². The summed E-state index contributed by atoms with van der Waals surface area (Å²) in [5.74, 6) is 0.259. The molecule has 0 radical (unpaired) electrons. The quantitative estimate of drug-likeness (QED) is 0.851. The Kier molecular flexibility index (Phi) is 5.43. The van der Waals surface area contributed by atoms with Crippen molar-refractivity contribution in [3.63, 3.8) is 0 Å². The molecular formula is C16H32N2O. The van der Waals surface area contributed by atoms with E-state index in [-0.39, 0.29) is 22.8 Å². The average molecular weight is 268 g/mol. The maximum atomic E-state index is 12.5. The van der Waals surface area contributed by atoms with Gasteiger partial charge in [-0.2, -0.15) is 0 Å². The van der Waals surface area contributed by atoms with Gasteiger partial charge in [-0.3, -0.25) is 4.79 Å². The Morgan fingerprint density at radius 3 is 2.21 bits per heavy atom. The molecule has 19 heavy (non-hydrogen) atoms. The van der Waals surface area contributed by atoms with Crippen LogP contribution in [0.3, 0.4) is 0 Å². The minimum atomic E-state index is 0.0706. The van der Waals surface area contributed by atoms with Crippen LogP contribution >= 0.6 is 0 Å². The highest BCUT2D eigenvalue weighted by atomic mass is 16.2. The van der Waals surface area contributed by atoms with Gasteiger partial charge in [0.05, 0.1) is 0 Å². The van der Waals surface area contributed by atoms with E-state index in [9.17, 15) is 4.79 Å². The molecule has 0 aliphatic heterocycles. The first-order valence-electron chi connectivity index (χ1n) is 7.68. The van der Waals surface area contributed by atoms with Crippen LogP contribution in [0.5, 0.6) is 0 Å². The largest absolute Gasteiger partial charge is 0.343 e. The van der Waals surface area contributed by atoms with Crippen LogP contribution in [-0.2, 0) is 4.79 Å². The first-order valence-corrected chi connectivity index (χ1v) is 7.68. The van der Waals surface area contributed by atoms with E-state index in [2.05, 4.69) is 27.7 Å². The van der Waals surface area contributed by atoms with E-state index in [1.54, 1.807) is 0 Å². The Balaban J connectivity index is 2.67. The normalized spacial score (nSPS) is 20.9. The molecule has 1 aliphatic carbocycles. The molecule has 112 valence electrons. The number of carbonyl (C=O) groups is 1. The van der Waals surface area contributed by atoms with E-state index in [0.29, 0.717) is 13.0 Å². The molecule has 0 aromatic carbocycles. The Morgan fingerprint density at radius 1 is 1.26 bits per heavy atom. The van der Waals surface area contributed by atoms with Gasteiger partial charge in [0, 0.05) is 19.5 Å². The van der Waals surface area contributed by atoms with Gasteiger partial charge in [-0.05, 0) is 37.1 Å². The lowest BCUT2D eigenvalue weighted by Crippen LogP contribution is -2.46. The minimum absolute atomic E-state index is 0.0706. The van der Waals surface area contributed by atoms with Crippen LogP contribution in [0.15, 0.2) is 0 Å². The van der Waals surface area contributed by atoms with E-state index >= 15 is 0 Å². The number of carbonyl (C=O) groups excluding carboxylic acids is 1. The Bertz CT molecular complexity index is 300. The number of hydrogen-bond donors (Lipinski definition) is 1. The van der Waals surface area contributed by atoms with Crippen molar-refractivity contribution in [2.45, 2.75) is 72.3 Å². The topological polar surface area (TPSA) is 46.3 Å².